The van der Waals surface area contributed by atoms with Gasteiger partial charge >= 0.3 is 0 Å². The van der Waals surface area contributed by atoms with Crippen LogP contribution in [0.4, 0.5) is 4.39 Å². The van der Waals surface area contributed by atoms with Crippen molar-refractivity contribution in [1.82, 2.24) is 5.32 Å². The molecule has 1 aromatic rings. The Kier molecular flexibility index (Phi) is 3.63. The zero-order chi connectivity index (χ0) is 13.2. The van der Waals surface area contributed by atoms with Crippen LogP contribution in [0, 0.1) is 5.82 Å². The first-order valence-electron chi connectivity index (χ1n) is 6.00. The van der Waals surface area contributed by atoms with Crippen molar-refractivity contribution in [3.8, 4) is 0 Å². The Morgan fingerprint density at radius 1 is 1.50 bits per heavy atom. The van der Waals surface area contributed by atoms with Crippen LogP contribution in [0.1, 0.15) is 35.2 Å². The second-order valence-electron chi connectivity index (χ2n) is 4.82. The largest absolute Gasteiger partial charge is 0.394 e. The summed E-state index contributed by atoms with van der Waals surface area (Å²) >= 11 is 0. The van der Waals surface area contributed by atoms with E-state index in [-0.39, 0.29) is 24.5 Å². The molecule has 1 aliphatic rings. The first-order chi connectivity index (χ1) is 8.56. The molecular weight excluding hydrogens is 235 g/mol. The minimum absolute atomic E-state index is 0.0458. The number of hydrogen-bond acceptors (Lipinski definition) is 3. The number of aliphatic hydroxyl groups excluding tert-OH is 1. The van der Waals surface area contributed by atoms with Gasteiger partial charge in [0, 0.05) is 23.2 Å². The standard InChI is InChI=1S/C13H17FN2O2/c14-11-3-2-9(12(15)18)6-10(11)7-16-13(8-17)4-1-5-13/h2-3,6,16-17H,1,4-5,7-8H2,(H2,15,18). The molecule has 4 nitrogen and oxygen atoms in total. The molecule has 0 radical (unpaired) electrons. The number of aliphatic hydroxyl groups is 1. The van der Waals surface area contributed by atoms with Crippen LogP contribution in [-0.4, -0.2) is 23.2 Å². The van der Waals surface area contributed by atoms with Crippen molar-refractivity contribution in [1.29, 1.82) is 0 Å². The number of halogens is 1. The fourth-order valence-electron chi connectivity index (χ4n) is 2.14. The van der Waals surface area contributed by atoms with Crippen LogP contribution in [0.15, 0.2) is 18.2 Å². The monoisotopic (exact) mass is 252 g/mol. The highest BCUT2D eigenvalue weighted by Crippen LogP contribution is 2.31. The SMILES string of the molecule is NC(=O)c1ccc(F)c(CNC2(CO)CCC2)c1. The van der Waals surface area contributed by atoms with Crippen molar-refractivity contribution in [3.63, 3.8) is 0 Å². The van der Waals surface area contributed by atoms with E-state index < -0.39 is 5.91 Å². The van der Waals surface area contributed by atoms with E-state index >= 15 is 0 Å². The predicted octanol–water partition coefficient (Wildman–Crippen LogP) is 0.929. The molecule has 0 spiro atoms. The van der Waals surface area contributed by atoms with E-state index in [4.69, 9.17) is 5.73 Å². The number of rotatable bonds is 5. The third kappa shape index (κ3) is 2.52. The molecule has 0 bridgehead atoms. The van der Waals surface area contributed by atoms with Crippen LogP contribution in [0.3, 0.4) is 0 Å². The molecule has 18 heavy (non-hydrogen) atoms. The Morgan fingerprint density at radius 2 is 2.22 bits per heavy atom. The van der Waals surface area contributed by atoms with Gasteiger partial charge in [-0.05, 0) is 37.5 Å². The molecular formula is C13H17FN2O2. The molecule has 1 amide bonds. The minimum atomic E-state index is -0.572. The molecule has 1 fully saturated rings. The summed E-state index contributed by atoms with van der Waals surface area (Å²) in [6.07, 6.45) is 2.85. The van der Waals surface area contributed by atoms with E-state index in [9.17, 15) is 14.3 Å². The molecule has 0 saturated heterocycles. The van der Waals surface area contributed by atoms with Crippen molar-refractivity contribution in [2.75, 3.05) is 6.61 Å². The Labute approximate surface area is 105 Å². The van der Waals surface area contributed by atoms with Crippen LogP contribution in [-0.2, 0) is 6.54 Å². The van der Waals surface area contributed by atoms with Crippen molar-refractivity contribution in [2.45, 2.75) is 31.3 Å². The van der Waals surface area contributed by atoms with Crippen LogP contribution in [0.5, 0.6) is 0 Å². The molecule has 1 saturated carbocycles. The first-order valence-corrected chi connectivity index (χ1v) is 6.00. The zero-order valence-corrected chi connectivity index (χ0v) is 10.1. The quantitative estimate of drug-likeness (QED) is 0.729. The van der Waals surface area contributed by atoms with Crippen molar-refractivity contribution < 1.29 is 14.3 Å². The lowest BCUT2D eigenvalue weighted by atomic mass is 9.77. The van der Waals surface area contributed by atoms with Gasteiger partial charge in [-0.1, -0.05) is 0 Å². The molecule has 0 atom stereocenters. The Bertz CT molecular complexity index is 453. The maximum Gasteiger partial charge on any atom is 0.248 e. The van der Waals surface area contributed by atoms with Gasteiger partial charge in [0.1, 0.15) is 5.82 Å². The second kappa shape index (κ2) is 5.04. The Balaban J connectivity index is 2.08. The summed E-state index contributed by atoms with van der Waals surface area (Å²) in [6.45, 7) is 0.331. The fraction of sp³-hybridized carbons (Fsp3) is 0.462. The number of hydrogen-bond donors (Lipinski definition) is 3. The number of carbonyl (C=O) groups excluding carboxylic acids is 1. The summed E-state index contributed by atoms with van der Waals surface area (Å²) in [6, 6.07) is 4.06. The van der Waals surface area contributed by atoms with E-state index in [1.165, 1.54) is 18.2 Å². The lowest BCUT2D eigenvalue weighted by molar-refractivity contribution is 0.0868. The molecule has 0 heterocycles. The summed E-state index contributed by atoms with van der Waals surface area (Å²) in [5, 5.41) is 12.5. The predicted molar refractivity (Wildman–Crippen MR) is 65.4 cm³/mol. The summed E-state index contributed by atoms with van der Waals surface area (Å²) in [7, 11) is 0. The highest BCUT2D eigenvalue weighted by atomic mass is 19.1. The molecule has 4 N–H and O–H groups in total. The summed E-state index contributed by atoms with van der Waals surface area (Å²) < 4.78 is 13.6. The molecule has 1 aromatic carbocycles. The maximum atomic E-state index is 13.6. The van der Waals surface area contributed by atoms with Gasteiger partial charge in [-0.15, -0.1) is 0 Å². The number of nitrogens with one attached hydrogen (secondary N) is 1. The molecule has 98 valence electrons. The average Bonchev–Trinajstić information content (AvgIpc) is 2.30. The van der Waals surface area contributed by atoms with Gasteiger partial charge in [0.15, 0.2) is 0 Å². The molecule has 0 aromatic heterocycles. The van der Waals surface area contributed by atoms with Crippen LogP contribution >= 0.6 is 0 Å². The van der Waals surface area contributed by atoms with Gasteiger partial charge < -0.3 is 16.2 Å². The smallest absolute Gasteiger partial charge is 0.248 e. The van der Waals surface area contributed by atoms with Crippen molar-refractivity contribution in [2.24, 2.45) is 5.73 Å². The zero-order valence-electron chi connectivity index (χ0n) is 10.1. The van der Waals surface area contributed by atoms with Crippen LogP contribution < -0.4 is 11.1 Å². The number of primary amides is 1. The van der Waals surface area contributed by atoms with Crippen molar-refractivity contribution in [3.05, 3.63) is 35.1 Å². The Morgan fingerprint density at radius 3 is 2.72 bits per heavy atom. The van der Waals surface area contributed by atoms with Gasteiger partial charge in [0.2, 0.25) is 5.91 Å². The van der Waals surface area contributed by atoms with E-state index in [0.717, 1.165) is 19.3 Å². The molecule has 1 aliphatic carbocycles. The maximum absolute atomic E-state index is 13.6. The van der Waals surface area contributed by atoms with Crippen molar-refractivity contribution >= 4 is 5.91 Å². The summed E-state index contributed by atoms with van der Waals surface area (Å²) in [4.78, 5) is 11.0. The van der Waals surface area contributed by atoms with Crippen LogP contribution in [0.25, 0.3) is 0 Å². The summed E-state index contributed by atoms with van der Waals surface area (Å²) in [5.41, 5.74) is 5.56. The van der Waals surface area contributed by atoms with E-state index in [0.29, 0.717) is 11.1 Å². The van der Waals surface area contributed by atoms with E-state index in [2.05, 4.69) is 5.32 Å². The Hall–Kier alpha value is -1.46. The fourth-order valence-corrected chi connectivity index (χ4v) is 2.14. The van der Waals surface area contributed by atoms with E-state index in [1.807, 2.05) is 0 Å². The lowest BCUT2D eigenvalue weighted by Gasteiger charge is -2.41. The third-order valence-corrected chi connectivity index (χ3v) is 3.60. The van der Waals surface area contributed by atoms with Gasteiger partial charge in [0.25, 0.3) is 0 Å². The second-order valence-corrected chi connectivity index (χ2v) is 4.82. The first kappa shape index (κ1) is 13.0. The van der Waals surface area contributed by atoms with Gasteiger partial charge in [-0.3, -0.25) is 4.79 Å². The van der Waals surface area contributed by atoms with Gasteiger partial charge in [0.05, 0.1) is 6.61 Å². The topological polar surface area (TPSA) is 75.4 Å². The minimum Gasteiger partial charge on any atom is -0.394 e. The molecule has 0 aliphatic heterocycles. The highest BCUT2D eigenvalue weighted by molar-refractivity contribution is 5.92. The molecule has 0 unspecified atom stereocenters. The van der Waals surface area contributed by atoms with Gasteiger partial charge in [-0.2, -0.15) is 0 Å². The van der Waals surface area contributed by atoms with Crippen LogP contribution in [0.2, 0.25) is 0 Å². The third-order valence-electron chi connectivity index (χ3n) is 3.60. The average molecular weight is 252 g/mol. The normalized spacial score (nSPS) is 17.2. The number of amides is 1. The highest BCUT2D eigenvalue weighted by Gasteiger charge is 2.35. The molecule has 5 heteroatoms. The summed E-state index contributed by atoms with van der Waals surface area (Å²) in [5.74, 6) is -0.948. The van der Waals surface area contributed by atoms with Gasteiger partial charge in [-0.25, -0.2) is 4.39 Å². The van der Waals surface area contributed by atoms with E-state index in [1.54, 1.807) is 0 Å². The number of carbonyl (C=O) groups is 1. The number of nitrogens with two attached hydrogens (primary N) is 1. The molecule has 2 rings (SSSR count). The lowest BCUT2D eigenvalue weighted by Crippen LogP contribution is -2.53. The number of benzene rings is 1.